The largest absolute Gasteiger partial charge is 0.486 e. The molecular weight excluding hydrogens is 278 g/mol. The lowest BCUT2D eigenvalue weighted by Crippen LogP contribution is -2.13. The first kappa shape index (κ1) is 14.8. The fourth-order valence-electron chi connectivity index (χ4n) is 1.82. The van der Waals surface area contributed by atoms with Gasteiger partial charge >= 0.3 is 0 Å². The first-order valence-corrected chi connectivity index (χ1v) is 6.16. The van der Waals surface area contributed by atoms with Gasteiger partial charge in [0.05, 0.1) is 0 Å². The van der Waals surface area contributed by atoms with E-state index in [4.69, 9.17) is 15.7 Å². The fraction of sp³-hybridized carbons (Fsp3) is 0.133. The lowest BCUT2D eigenvalue weighted by atomic mass is 10.1. The van der Waals surface area contributed by atoms with Gasteiger partial charge in [0.2, 0.25) is 0 Å². The van der Waals surface area contributed by atoms with Gasteiger partial charge in [-0.05, 0) is 36.2 Å². The van der Waals surface area contributed by atoms with E-state index in [1.807, 2.05) is 6.92 Å². The number of hydrogen-bond donors (Lipinski definition) is 2. The standard InChI is InChI=1S/C15H14F2N2O2/c1-9-6-10(15(18)19-20)2-3-11(9)8-21-14-7-12(16)4-5-13(14)17/h2-7,20H,8H2,1H3,(H2,18,19). The van der Waals surface area contributed by atoms with Crippen LogP contribution < -0.4 is 10.5 Å². The predicted molar refractivity (Wildman–Crippen MR) is 74.4 cm³/mol. The molecule has 0 heterocycles. The van der Waals surface area contributed by atoms with Crippen LogP contribution in [-0.4, -0.2) is 11.0 Å². The summed E-state index contributed by atoms with van der Waals surface area (Å²) in [6.45, 7) is 1.90. The van der Waals surface area contributed by atoms with E-state index in [0.717, 1.165) is 29.3 Å². The minimum atomic E-state index is -0.623. The molecule has 0 atom stereocenters. The minimum absolute atomic E-state index is 0.00161. The summed E-state index contributed by atoms with van der Waals surface area (Å²) in [5.74, 6) is -1.33. The van der Waals surface area contributed by atoms with Gasteiger partial charge < -0.3 is 15.7 Å². The number of halogens is 2. The van der Waals surface area contributed by atoms with Crippen LogP contribution >= 0.6 is 0 Å². The van der Waals surface area contributed by atoms with Crippen LogP contribution in [0.3, 0.4) is 0 Å². The predicted octanol–water partition coefficient (Wildman–Crippen LogP) is 2.95. The number of benzene rings is 2. The Hall–Kier alpha value is -2.63. The highest BCUT2D eigenvalue weighted by molar-refractivity contribution is 5.97. The molecule has 2 rings (SSSR count). The van der Waals surface area contributed by atoms with E-state index < -0.39 is 11.6 Å². The fourth-order valence-corrected chi connectivity index (χ4v) is 1.82. The summed E-state index contributed by atoms with van der Waals surface area (Å²) in [4.78, 5) is 0. The lowest BCUT2D eigenvalue weighted by molar-refractivity contribution is 0.288. The van der Waals surface area contributed by atoms with Crippen molar-refractivity contribution in [1.29, 1.82) is 0 Å². The number of nitrogens with two attached hydrogens (primary N) is 1. The maximum absolute atomic E-state index is 13.4. The van der Waals surface area contributed by atoms with Gasteiger partial charge in [-0.3, -0.25) is 0 Å². The van der Waals surface area contributed by atoms with Gasteiger partial charge in [-0.1, -0.05) is 17.3 Å². The Morgan fingerprint density at radius 3 is 2.67 bits per heavy atom. The van der Waals surface area contributed by atoms with E-state index in [1.165, 1.54) is 0 Å². The highest BCUT2D eigenvalue weighted by Gasteiger charge is 2.08. The molecule has 0 saturated carbocycles. The molecule has 110 valence electrons. The summed E-state index contributed by atoms with van der Waals surface area (Å²) < 4.78 is 31.8. The van der Waals surface area contributed by atoms with Crippen molar-refractivity contribution in [3.05, 3.63) is 64.7 Å². The monoisotopic (exact) mass is 292 g/mol. The summed E-state index contributed by atoms with van der Waals surface area (Å²) in [5.41, 5.74) is 7.67. The summed E-state index contributed by atoms with van der Waals surface area (Å²) in [6.07, 6.45) is 0. The third-order valence-electron chi connectivity index (χ3n) is 3.02. The number of nitrogens with zero attached hydrogens (tertiary/aromatic N) is 1. The van der Waals surface area contributed by atoms with Crippen molar-refractivity contribution in [2.75, 3.05) is 0 Å². The summed E-state index contributed by atoms with van der Waals surface area (Å²) in [6, 6.07) is 8.13. The second kappa shape index (κ2) is 6.21. The molecule has 0 aliphatic carbocycles. The number of aryl methyl sites for hydroxylation is 1. The van der Waals surface area contributed by atoms with E-state index in [-0.39, 0.29) is 18.2 Å². The molecule has 0 spiro atoms. The zero-order valence-electron chi connectivity index (χ0n) is 11.3. The molecule has 4 nitrogen and oxygen atoms in total. The van der Waals surface area contributed by atoms with Gasteiger partial charge in [-0.2, -0.15) is 0 Å². The van der Waals surface area contributed by atoms with E-state index >= 15 is 0 Å². The average molecular weight is 292 g/mol. The third kappa shape index (κ3) is 3.47. The molecule has 2 aromatic rings. The van der Waals surface area contributed by atoms with E-state index in [1.54, 1.807) is 18.2 Å². The van der Waals surface area contributed by atoms with Crippen LogP contribution in [0.15, 0.2) is 41.6 Å². The van der Waals surface area contributed by atoms with Crippen LogP contribution in [0.4, 0.5) is 8.78 Å². The van der Waals surface area contributed by atoms with Crippen molar-refractivity contribution in [2.24, 2.45) is 10.9 Å². The van der Waals surface area contributed by atoms with Crippen LogP contribution in [0.1, 0.15) is 16.7 Å². The van der Waals surface area contributed by atoms with Gasteiger partial charge in [-0.15, -0.1) is 0 Å². The van der Waals surface area contributed by atoms with Crippen LogP contribution in [0.5, 0.6) is 5.75 Å². The normalized spacial score (nSPS) is 11.5. The van der Waals surface area contributed by atoms with Gasteiger partial charge in [0.25, 0.3) is 0 Å². The molecular formula is C15H14F2N2O2. The highest BCUT2D eigenvalue weighted by Crippen LogP contribution is 2.20. The minimum Gasteiger partial charge on any atom is -0.486 e. The zero-order valence-corrected chi connectivity index (χ0v) is 11.3. The van der Waals surface area contributed by atoms with Gasteiger partial charge in [0, 0.05) is 11.6 Å². The van der Waals surface area contributed by atoms with E-state index in [2.05, 4.69) is 5.16 Å². The van der Waals surface area contributed by atoms with Crippen molar-refractivity contribution in [3.63, 3.8) is 0 Å². The van der Waals surface area contributed by atoms with Crippen molar-refractivity contribution >= 4 is 5.84 Å². The van der Waals surface area contributed by atoms with Crippen molar-refractivity contribution in [3.8, 4) is 5.75 Å². The second-order valence-electron chi connectivity index (χ2n) is 4.49. The quantitative estimate of drug-likeness (QED) is 0.394. The summed E-state index contributed by atoms with van der Waals surface area (Å²) >= 11 is 0. The molecule has 0 aromatic heterocycles. The number of amidine groups is 1. The Balaban J connectivity index is 2.15. The Morgan fingerprint density at radius 1 is 1.24 bits per heavy atom. The molecule has 6 heteroatoms. The Labute approximate surface area is 120 Å². The Morgan fingerprint density at radius 2 is 2.00 bits per heavy atom. The molecule has 0 aliphatic rings. The van der Waals surface area contributed by atoms with Gasteiger partial charge in [-0.25, -0.2) is 8.78 Å². The van der Waals surface area contributed by atoms with Crippen molar-refractivity contribution < 1.29 is 18.7 Å². The van der Waals surface area contributed by atoms with Crippen LogP contribution in [0.2, 0.25) is 0 Å². The molecule has 0 radical (unpaired) electrons. The Kier molecular flexibility index (Phi) is 4.37. The summed E-state index contributed by atoms with van der Waals surface area (Å²) in [7, 11) is 0. The maximum atomic E-state index is 13.4. The molecule has 0 aliphatic heterocycles. The number of ether oxygens (including phenoxy) is 1. The molecule has 0 fully saturated rings. The van der Waals surface area contributed by atoms with E-state index in [9.17, 15) is 8.78 Å². The van der Waals surface area contributed by atoms with Gasteiger partial charge in [0.15, 0.2) is 17.4 Å². The molecule has 3 N–H and O–H groups in total. The second-order valence-corrected chi connectivity index (χ2v) is 4.49. The number of rotatable bonds is 4. The zero-order chi connectivity index (χ0) is 15.4. The van der Waals surface area contributed by atoms with Gasteiger partial charge in [0.1, 0.15) is 12.4 Å². The van der Waals surface area contributed by atoms with Crippen molar-refractivity contribution in [2.45, 2.75) is 13.5 Å². The lowest BCUT2D eigenvalue weighted by Gasteiger charge is -2.10. The highest BCUT2D eigenvalue weighted by atomic mass is 19.1. The number of oxime groups is 1. The Bertz CT molecular complexity index is 687. The van der Waals surface area contributed by atoms with Crippen LogP contribution in [-0.2, 0) is 6.61 Å². The number of hydrogen-bond acceptors (Lipinski definition) is 3. The average Bonchev–Trinajstić information content (AvgIpc) is 2.48. The van der Waals surface area contributed by atoms with Crippen LogP contribution in [0, 0.1) is 18.6 Å². The van der Waals surface area contributed by atoms with E-state index in [0.29, 0.717) is 5.56 Å². The molecule has 0 unspecified atom stereocenters. The molecule has 21 heavy (non-hydrogen) atoms. The van der Waals surface area contributed by atoms with Crippen molar-refractivity contribution in [1.82, 2.24) is 0 Å². The summed E-state index contributed by atoms with van der Waals surface area (Å²) in [5, 5.41) is 11.5. The molecule has 0 amide bonds. The first-order chi connectivity index (χ1) is 10.0. The van der Waals surface area contributed by atoms with Crippen LogP contribution in [0.25, 0.3) is 0 Å². The molecule has 0 bridgehead atoms. The first-order valence-electron chi connectivity index (χ1n) is 6.16. The molecule has 0 saturated heterocycles. The SMILES string of the molecule is Cc1cc(/C(N)=N/O)ccc1COc1cc(F)ccc1F. The smallest absolute Gasteiger partial charge is 0.170 e. The third-order valence-corrected chi connectivity index (χ3v) is 3.02. The topological polar surface area (TPSA) is 67.8 Å². The molecule has 2 aromatic carbocycles. The maximum Gasteiger partial charge on any atom is 0.170 e.